The maximum absolute atomic E-state index is 16.8. The van der Waals surface area contributed by atoms with E-state index in [1.54, 1.807) is 0 Å². The van der Waals surface area contributed by atoms with E-state index in [9.17, 15) is 0 Å². The van der Waals surface area contributed by atoms with Crippen LogP contribution in [0, 0.1) is 0 Å². The molecule has 2 aliphatic rings. The molecule has 11 rings (SSSR count). The van der Waals surface area contributed by atoms with E-state index in [0.717, 1.165) is 70.9 Å². The lowest BCUT2D eigenvalue weighted by Crippen LogP contribution is -2.29. The first kappa shape index (κ1) is 27.9. The van der Waals surface area contributed by atoms with Gasteiger partial charge in [-0.25, -0.2) is 0 Å². The Morgan fingerprint density at radius 1 is 0.440 bits per heavy atom. The van der Waals surface area contributed by atoms with Gasteiger partial charge in [-0.3, -0.25) is 0 Å². The lowest BCUT2D eigenvalue weighted by Gasteiger charge is -2.29. The van der Waals surface area contributed by atoms with Crippen LogP contribution in [0.15, 0.2) is 180 Å². The van der Waals surface area contributed by atoms with Crippen LogP contribution in [0.4, 0.5) is 0 Å². The first-order chi connectivity index (χ1) is 24.7. The van der Waals surface area contributed by atoms with Crippen LogP contribution in [0.2, 0.25) is 0 Å². The number of furan rings is 1. The molecule has 2 aliphatic carbocycles. The van der Waals surface area contributed by atoms with Gasteiger partial charge in [0.25, 0.3) is 0 Å². The molecule has 50 heavy (non-hydrogen) atoms. The highest BCUT2D eigenvalue weighted by atomic mass is 31.2. The average Bonchev–Trinajstić information content (AvgIpc) is 3.81. The van der Waals surface area contributed by atoms with Gasteiger partial charge in [0.1, 0.15) is 16.8 Å². The van der Waals surface area contributed by atoms with E-state index in [1.165, 1.54) is 22.3 Å². The van der Waals surface area contributed by atoms with E-state index < -0.39 is 12.6 Å². The summed E-state index contributed by atoms with van der Waals surface area (Å²) in [5, 5.41) is 7.92. The minimum absolute atomic E-state index is 0.690. The molecular weight excluding hydrogens is 627 g/mol. The molecule has 0 radical (unpaired) electrons. The first-order valence-electron chi connectivity index (χ1n) is 17.1. The summed E-state index contributed by atoms with van der Waals surface area (Å²) < 4.78 is 23.8. The Hall–Kier alpha value is -5.95. The Morgan fingerprint density at radius 3 is 1.60 bits per heavy atom. The molecule has 1 heterocycles. The van der Waals surface area contributed by atoms with Crippen LogP contribution in [-0.2, 0) is 9.98 Å². The molecule has 0 bridgehead atoms. The van der Waals surface area contributed by atoms with Gasteiger partial charge in [-0.05, 0) is 67.6 Å². The summed E-state index contributed by atoms with van der Waals surface area (Å²) in [5.41, 5.74) is 8.14. The molecule has 1 spiro atoms. The van der Waals surface area contributed by atoms with Crippen LogP contribution in [0.25, 0.3) is 54.8 Å². The summed E-state index contributed by atoms with van der Waals surface area (Å²) >= 11 is 0. The van der Waals surface area contributed by atoms with E-state index in [2.05, 4.69) is 170 Å². The van der Waals surface area contributed by atoms with Crippen molar-refractivity contribution < 1.29 is 8.98 Å². The fraction of sp³-hybridized carbons (Fsp3) is 0.0213. The number of fused-ring (bicyclic) bond motifs is 14. The molecule has 0 saturated carbocycles. The predicted molar refractivity (Wildman–Crippen MR) is 207 cm³/mol. The van der Waals surface area contributed by atoms with Gasteiger partial charge in [-0.1, -0.05) is 158 Å². The maximum atomic E-state index is 16.8. The molecule has 0 fully saturated rings. The second kappa shape index (κ2) is 10.0. The van der Waals surface area contributed by atoms with Crippen molar-refractivity contribution in [3.05, 3.63) is 198 Å². The summed E-state index contributed by atoms with van der Waals surface area (Å²) in [6.45, 7) is 0. The lowest BCUT2D eigenvalue weighted by molar-refractivity contribution is 0.507. The van der Waals surface area contributed by atoms with E-state index in [4.69, 9.17) is 4.42 Å². The van der Waals surface area contributed by atoms with Crippen molar-refractivity contribution in [2.45, 2.75) is 5.41 Å². The van der Waals surface area contributed by atoms with Crippen molar-refractivity contribution >= 4 is 55.6 Å². The van der Waals surface area contributed by atoms with Gasteiger partial charge < -0.3 is 8.98 Å². The average molecular weight is 657 g/mol. The largest absolute Gasteiger partial charge is 0.459 e. The molecule has 3 heteroatoms. The molecule has 0 unspecified atom stereocenters. The fourth-order valence-electron chi connectivity index (χ4n) is 9.00. The molecule has 9 aromatic rings. The summed E-state index contributed by atoms with van der Waals surface area (Å²) in [5.74, 6) is 0.905. The van der Waals surface area contributed by atoms with Crippen LogP contribution in [0.5, 0.6) is 0 Å². The Morgan fingerprint density at radius 2 is 0.960 bits per heavy atom. The van der Waals surface area contributed by atoms with Crippen molar-refractivity contribution in [3.63, 3.8) is 0 Å². The van der Waals surface area contributed by atoms with Crippen molar-refractivity contribution in [2.24, 2.45) is 0 Å². The van der Waals surface area contributed by atoms with E-state index in [1.807, 2.05) is 6.07 Å². The molecule has 0 atom stereocenters. The summed E-state index contributed by atoms with van der Waals surface area (Å²) in [4.78, 5) is 0. The summed E-state index contributed by atoms with van der Waals surface area (Å²) in [7, 11) is -3.50. The first-order valence-corrected chi connectivity index (χ1v) is 18.8. The summed E-state index contributed by atoms with van der Waals surface area (Å²) in [6, 6.07) is 61.6. The van der Waals surface area contributed by atoms with Gasteiger partial charge in [0.15, 0.2) is 7.14 Å². The van der Waals surface area contributed by atoms with Gasteiger partial charge in [0.2, 0.25) is 0 Å². The SMILES string of the molecule is O=P(c1ccc2ccccc2c1)(c1ccc2ccccc2c1)c1cccc2c1-c1c(oc3ccccc13)C21c2ccccc2-c2ccccc21. The topological polar surface area (TPSA) is 30.2 Å². The minimum atomic E-state index is -3.50. The van der Waals surface area contributed by atoms with E-state index in [0.29, 0.717) is 0 Å². The van der Waals surface area contributed by atoms with E-state index in [-0.39, 0.29) is 0 Å². The van der Waals surface area contributed by atoms with Gasteiger partial charge in [0.05, 0.1) is 0 Å². The third kappa shape index (κ3) is 3.46. The lowest BCUT2D eigenvalue weighted by atomic mass is 9.73. The smallest absolute Gasteiger partial charge is 0.171 e. The molecule has 0 aliphatic heterocycles. The Kier molecular flexibility index (Phi) is 5.61. The maximum Gasteiger partial charge on any atom is 0.171 e. The second-order valence-corrected chi connectivity index (χ2v) is 16.2. The van der Waals surface area contributed by atoms with Crippen molar-refractivity contribution in [1.29, 1.82) is 0 Å². The molecule has 234 valence electrons. The molecule has 2 nitrogen and oxygen atoms in total. The quantitative estimate of drug-likeness (QED) is 0.177. The highest BCUT2D eigenvalue weighted by Crippen LogP contribution is 2.65. The van der Waals surface area contributed by atoms with Gasteiger partial charge >= 0.3 is 0 Å². The Bertz CT molecular complexity index is 2800. The van der Waals surface area contributed by atoms with Gasteiger partial charge in [-0.2, -0.15) is 0 Å². The van der Waals surface area contributed by atoms with Gasteiger partial charge in [0, 0.05) is 32.4 Å². The number of hydrogen-bond donors (Lipinski definition) is 0. The fourth-order valence-corrected chi connectivity index (χ4v) is 11.9. The number of para-hydroxylation sites is 1. The molecule has 0 N–H and O–H groups in total. The molecule has 0 amide bonds. The zero-order chi connectivity index (χ0) is 33.0. The van der Waals surface area contributed by atoms with Crippen molar-refractivity contribution in [3.8, 4) is 22.3 Å². The van der Waals surface area contributed by atoms with Crippen LogP contribution >= 0.6 is 7.14 Å². The standard InChI is InChI=1S/C47H29O2P/c48-50(34-26-24-30-12-1-3-14-32(30)28-34,35-27-25-31-13-2-4-15-33(31)29-35)43-23-11-21-41-45(43)44-38-18-7-10-22-42(38)49-46(44)47(41)39-19-8-5-16-36(39)37-17-6-9-20-40(37)47/h1-29H. The predicted octanol–water partition coefficient (Wildman–Crippen LogP) is 10.7. The molecule has 1 aromatic heterocycles. The summed E-state index contributed by atoms with van der Waals surface area (Å²) in [6.07, 6.45) is 0. The molecule has 0 saturated heterocycles. The molecular formula is C47H29O2P. The van der Waals surface area contributed by atoms with Crippen LogP contribution in [0.1, 0.15) is 22.5 Å². The molecule has 8 aromatic carbocycles. The Balaban J connectivity index is 1.31. The number of rotatable bonds is 3. The van der Waals surface area contributed by atoms with Crippen LogP contribution in [-0.4, -0.2) is 0 Å². The van der Waals surface area contributed by atoms with Crippen LogP contribution < -0.4 is 15.9 Å². The third-order valence-electron chi connectivity index (χ3n) is 11.1. The second-order valence-electron chi connectivity index (χ2n) is 13.5. The normalized spacial score (nSPS) is 13.8. The number of hydrogen-bond acceptors (Lipinski definition) is 2. The monoisotopic (exact) mass is 656 g/mol. The van der Waals surface area contributed by atoms with Crippen LogP contribution in [0.3, 0.4) is 0 Å². The zero-order valence-corrected chi connectivity index (χ0v) is 27.9. The number of benzene rings is 8. The Labute approximate surface area is 289 Å². The van der Waals surface area contributed by atoms with Gasteiger partial charge in [-0.15, -0.1) is 0 Å². The highest BCUT2D eigenvalue weighted by molar-refractivity contribution is 7.85. The van der Waals surface area contributed by atoms with E-state index >= 15 is 4.57 Å². The minimum Gasteiger partial charge on any atom is -0.459 e. The van der Waals surface area contributed by atoms with Crippen molar-refractivity contribution in [1.82, 2.24) is 0 Å². The third-order valence-corrected chi connectivity index (χ3v) is 14.2. The van der Waals surface area contributed by atoms with Crippen molar-refractivity contribution in [2.75, 3.05) is 0 Å². The highest BCUT2D eigenvalue weighted by Gasteiger charge is 2.56. The zero-order valence-electron chi connectivity index (χ0n) is 27.0.